The summed E-state index contributed by atoms with van der Waals surface area (Å²) in [6.45, 7) is 6.43. The van der Waals surface area contributed by atoms with E-state index < -0.39 is 0 Å². The van der Waals surface area contributed by atoms with Crippen LogP contribution in [-0.4, -0.2) is 8.97 Å². The largest absolute Gasteiger partial charge is 0.309 e. The highest BCUT2D eigenvalue weighted by Gasteiger charge is 2.21. The van der Waals surface area contributed by atoms with E-state index >= 15 is 0 Å². The van der Waals surface area contributed by atoms with Crippen molar-refractivity contribution in [1.29, 1.82) is 0 Å². The summed E-state index contributed by atoms with van der Waals surface area (Å²) in [6, 6.07) is 30.2. The molecule has 0 unspecified atom stereocenters. The Kier molecular flexibility index (Phi) is 4.27. The van der Waals surface area contributed by atoms with Crippen molar-refractivity contribution in [3.8, 4) is 5.69 Å². The lowest BCUT2D eigenvalue weighted by Gasteiger charge is -2.17. The van der Waals surface area contributed by atoms with Gasteiger partial charge in [0, 0.05) is 32.3 Å². The molecule has 0 bridgehead atoms. The second-order valence-electron chi connectivity index (χ2n) is 10.7. The van der Waals surface area contributed by atoms with Gasteiger partial charge in [0.25, 0.3) is 0 Å². The van der Waals surface area contributed by atoms with Crippen LogP contribution in [0.4, 0.5) is 0 Å². The molecule has 0 atom stereocenters. The molecule has 0 aliphatic heterocycles. The maximum atomic E-state index is 14.1. The first kappa shape index (κ1) is 22.1. The standard InChI is InChI=1S/C35H24N2O2/c1-19-15-20(2)32(21(3)16-19)36-28-13-6-4-9-22(28)26-17-31-27(18-30(26)36)35(39)25-12-8-11-24-33(25)37(31)29-14-7-5-10-23(29)34(24)38/h4-18H,1-3H3. The lowest BCUT2D eigenvalue weighted by Crippen LogP contribution is -2.14. The SMILES string of the molecule is Cc1cc(C)c(-n2c3ccccc3c3cc4c(cc32)c(=O)c2cccc3c(=O)c5ccccc5n4c32)c(C)c1. The molecule has 0 amide bonds. The molecule has 4 nitrogen and oxygen atoms in total. The average Bonchev–Trinajstić information content (AvgIpc) is 3.24. The first-order valence-corrected chi connectivity index (χ1v) is 13.2. The van der Waals surface area contributed by atoms with Crippen LogP contribution in [0.3, 0.4) is 0 Å². The van der Waals surface area contributed by atoms with Crippen LogP contribution in [0.25, 0.3) is 65.6 Å². The molecule has 0 radical (unpaired) electrons. The van der Waals surface area contributed by atoms with E-state index in [1.54, 1.807) is 0 Å². The minimum Gasteiger partial charge on any atom is -0.309 e. The van der Waals surface area contributed by atoms with Crippen molar-refractivity contribution in [2.45, 2.75) is 20.8 Å². The number of hydrogen-bond acceptors (Lipinski definition) is 2. The van der Waals surface area contributed by atoms with Gasteiger partial charge in [-0.25, -0.2) is 0 Å². The third kappa shape index (κ3) is 2.78. The third-order valence-corrected chi connectivity index (χ3v) is 8.27. The Morgan fingerprint density at radius 3 is 1.77 bits per heavy atom. The summed E-state index contributed by atoms with van der Waals surface area (Å²) in [7, 11) is 0. The van der Waals surface area contributed by atoms with Gasteiger partial charge in [-0.05, 0) is 74.4 Å². The monoisotopic (exact) mass is 504 g/mol. The number of hydrogen-bond donors (Lipinski definition) is 0. The Morgan fingerprint density at radius 1 is 0.487 bits per heavy atom. The average molecular weight is 505 g/mol. The number of para-hydroxylation sites is 3. The van der Waals surface area contributed by atoms with Crippen LogP contribution in [0.5, 0.6) is 0 Å². The normalized spacial score (nSPS) is 12.2. The van der Waals surface area contributed by atoms with Gasteiger partial charge in [0.1, 0.15) is 0 Å². The minimum absolute atomic E-state index is 0.0436. The van der Waals surface area contributed by atoms with Crippen molar-refractivity contribution in [2.24, 2.45) is 0 Å². The number of pyridine rings is 2. The van der Waals surface area contributed by atoms with E-state index in [4.69, 9.17) is 0 Å². The highest BCUT2D eigenvalue weighted by Crippen LogP contribution is 2.37. The summed E-state index contributed by atoms with van der Waals surface area (Å²) in [5.41, 5.74) is 9.07. The van der Waals surface area contributed by atoms with Gasteiger partial charge in [0.15, 0.2) is 10.9 Å². The Morgan fingerprint density at radius 2 is 1.05 bits per heavy atom. The van der Waals surface area contributed by atoms with Gasteiger partial charge >= 0.3 is 0 Å². The fourth-order valence-electron chi connectivity index (χ4n) is 6.81. The number of benzene rings is 5. The van der Waals surface area contributed by atoms with E-state index in [1.807, 2.05) is 42.5 Å². The van der Waals surface area contributed by atoms with Crippen molar-refractivity contribution in [3.05, 3.63) is 128 Å². The van der Waals surface area contributed by atoms with Crippen molar-refractivity contribution < 1.29 is 0 Å². The molecule has 186 valence electrons. The number of fused-ring (bicyclic) bond motifs is 7. The van der Waals surface area contributed by atoms with Crippen LogP contribution in [0.15, 0.2) is 101 Å². The molecule has 0 fully saturated rings. The van der Waals surface area contributed by atoms with Crippen molar-refractivity contribution >= 4 is 59.9 Å². The Labute approximate surface area is 223 Å². The van der Waals surface area contributed by atoms with Crippen LogP contribution in [0.2, 0.25) is 0 Å². The van der Waals surface area contributed by atoms with Crippen molar-refractivity contribution in [2.75, 3.05) is 0 Å². The highest BCUT2D eigenvalue weighted by molar-refractivity contribution is 6.16. The molecule has 0 saturated carbocycles. The van der Waals surface area contributed by atoms with Gasteiger partial charge in [0.05, 0.1) is 33.3 Å². The summed E-state index contributed by atoms with van der Waals surface area (Å²) < 4.78 is 4.42. The zero-order chi connectivity index (χ0) is 26.6. The molecule has 0 aliphatic carbocycles. The molecule has 0 aliphatic rings. The second-order valence-corrected chi connectivity index (χ2v) is 10.7. The Balaban J connectivity index is 1.68. The number of nitrogens with zero attached hydrogens (tertiary/aromatic N) is 2. The molecular weight excluding hydrogens is 480 g/mol. The molecule has 5 aromatic carbocycles. The number of aryl methyl sites for hydroxylation is 3. The third-order valence-electron chi connectivity index (χ3n) is 8.27. The van der Waals surface area contributed by atoms with E-state index in [9.17, 15) is 9.59 Å². The first-order valence-electron chi connectivity index (χ1n) is 13.2. The van der Waals surface area contributed by atoms with Crippen molar-refractivity contribution in [1.82, 2.24) is 8.97 Å². The van der Waals surface area contributed by atoms with Gasteiger partial charge < -0.3 is 8.97 Å². The van der Waals surface area contributed by atoms with Gasteiger partial charge in [-0.2, -0.15) is 0 Å². The minimum atomic E-state index is -0.0543. The van der Waals surface area contributed by atoms with Gasteiger partial charge in [0.2, 0.25) is 0 Å². The number of rotatable bonds is 1. The zero-order valence-corrected chi connectivity index (χ0v) is 21.9. The topological polar surface area (TPSA) is 43.5 Å². The van der Waals surface area contributed by atoms with E-state index in [-0.39, 0.29) is 10.9 Å². The smallest absolute Gasteiger partial charge is 0.197 e. The fourth-order valence-corrected chi connectivity index (χ4v) is 6.81. The molecule has 0 N–H and O–H groups in total. The lowest BCUT2D eigenvalue weighted by atomic mass is 10.0. The van der Waals surface area contributed by atoms with E-state index in [1.165, 1.54) is 16.7 Å². The van der Waals surface area contributed by atoms with Crippen LogP contribution in [-0.2, 0) is 0 Å². The summed E-state index contributed by atoms with van der Waals surface area (Å²) in [4.78, 5) is 27.6. The van der Waals surface area contributed by atoms with Crippen LogP contribution in [0.1, 0.15) is 16.7 Å². The second kappa shape index (κ2) is 7.55. The predicted octanol–water partition coefficient (Wildman–Crippen LogP) is 7.58. The molecule has 4 heteroatoms. The Hall–Kier alpha value is -4.96. The zero-order valence-electron chi connectivity index (χ0n) is 21.9. The van der Waals surface area contributed by atoms with E-state index in [0.717, 1.165) is 38.5 Å². The number of aromatic nitrogens is 2. The molecule has 0 saturated heterocycles. The van der Waals surface area contributed by atoms with Gasteiger partial charge in [-0.15, -0.1) is 0 Å². The van der Waals surface area contributed by atoms with E-state index in [0.29, 0.717) is 27.1 Å². The lowest BCUT2D eigenvalue weighted by molar-refractivity contribution is 1.11. The highest BCUT2D eigenvalue weighted by atomic mass is 16.1. The maximum absolute atomic E-state index is 14.1. The molecule has 0 spiro atoms. The van der Waals surface area contributed by atoms with Crippen molar-refractivity contribution in [3.63, 3.8) is 0 Å². The summed E-state index contributed by atoms with van der Waals surface area (Å²) in [5, 5.41) is 4.62. The van der Waals surface area contributed by atoms with Gasteiger partial charge in [-0.3, -0.25) is 9.59 Å². The quantitative estimate of drug-likeness (QED) is 0.171. The van der Waals surface area contributed by atoms with Crippen LogP contribution >= 0.6 is 0 Å². The first-order chi connectivity index (χ1) is 18.9. The Bertz CT molecular complexity index is 2440. The van der Waals surface area contributed by atoms with Crippen LogP contribution in [0, 0.1) is 20.8 Å². The molecular formula is C35H24N2O2. The van der Waals surface area contributed by atoms with Gasteiger partial charge in [-0.1, -0.05) is 54.1 Å². The predicted molar refractivity (Wildman–Crippen MR) is 162 cm³/mol. The molecule has 39 heavy (non-hydrogen) atoms. The molecule has 8 rings (SSSR count). The summed E-state index contributed by atoms with van der Waals surface area (Å²) in [5.74, 6) is 0. The maximum Gasteiger partial charge on any atom is 0.197 e. The fraction of sp³-hybridized carbons (Fsp3) is 0.0857. The van der Waals surface area contributed by atoms with Crippen LogP contribution < -0.4 is 10.9 Å². The molecule has 3 aromatic heterocycles. The summed E-state index contributed by atoms with van der Waals surface area (Å²) in [6.07, 6.45) is 0. The summed E-state index contributed by atoms with van der Waals surface area (Å²) >= 11 is 0. The molecule has 3 heterocycles. The molecule has 8 aromatic rings. The van der Waals surface area contributed by atoms with E-state index in [2.05, 4.69) is 78.3 Å².